The largest absolute Gasteiger partial charge is 0.481 e. The molecule has 0 spiro atoms. The van der Waals surface area contributed by atoms with Crippen LogP contribution in [0.3, 0.4) is 0 Å². The second-order valence-corrected chi connectivity index (χ2v) is 6.02. The number of carbonyl (C=O) groups is 2. The Hall–Kier alpha value is -1.63. The molecule has 7 heteroatoms. The fourth-order valence-corrected chi connectivity index (χ4v) is 2.61. The van der Waals surface area contributed by atoms with E-state index in [0.717, 1.165) is 17.0 Å². The molecule has 0 aromatic carbocycles. The summed E-state index contributed by atoms with van der Waals surface area (Å²) in [5.74, 6) is -1.61. The number of rotatable bonds is 7. The number of hydrogen-bond donors (Lipinski definition) is 2. The Kier molecular flexibility index (Phi) is 5.94. The number of carboxylic acid groups (broad SMARTS) is 1. The minimum atomic E-state index is -0.914. The first-order chi connectivity index (χ1) is 9.31. The number of nitrogens with one attached hydrogen (secondary N) is 1. The lowest BCUT2D eigenvalue weighted by atomic mass is 9.97. The van der Waals surface area contributed by atoms with E-state index >= 15 is 0 Å². The average Bonchev–Trinajstić information content (AvgIpc) is 2.65. The molecule has 1 rings (SSSR count). The van der Waals surface area contributed by atoms with Crippen molar-refractivity contribution >= 4 is 23.2 Å². The number of thiazole rings is 1. The smallest absolute Gasteiger partial charge is 0.308 e. The van der Waals surface area contributed by atoms with E-state index in [2.05, 4.69) is 5.32 Å². The molecule has 0 radical (unpaired) electrons. The highest BCUT2D eigenvalue weighted by Gasteiger charge is 2.20. The fraction of sp³-hybridized carbons (Fsp3) is 0.615. The first-order valence-electron chi connectivity index (χ1n) is 6.45. The molecule has 1 atom stereocenters. The Morgan fingerprint density at radius 1 is 1.45 bits per heavy atom. The SMILES string of the molecule is Cc1csc(=O)n1CC(=O)NCC(CC(C)C)C(=O)O. The lowest BCUT2D eigenvalue weighted by molar-refractivity contribution is -0.142. The minimum absolute atomic E-state index is 0.0673. The Labute approximate surface area is 121 Å². The summed E-state index contributed by atoms with van der Waals surface area (Å²) < 4.78 is 1.37. The van der Waals surface area contributed by atoms with Gasteiger partial charge in [-0.2, -0.15) is 0 Å². The molecule has 0 fully saturated rings. The van der Waals surface area contributed by atoms with Crippen molar-refractivity contribution in [2.45, 2.75) is 33.7 Å². The predicted octanol–water partition coefficient (Wildman–Crippen LogP) is 1.08. The van der Waals surface area contributed by atoms with Crippen LogP contribution in [0.4, 0.5) is 0 Å². The van der Waals surface area contributed by atoms with E-state index in [-0.39, 0.29) is 29.8 Å². The molecule has 20 heavy (non-hydrogen) atoms. The molecule has 1 heterocycles. The van der Waals surface area contributed by atoms with E-state index in [1.54, 1.807) is 12.3 Å². The van der Waals surface area contributed by atoms with Crippen LogP contribution < -0.4 is 10.2 Å². The maximum absolute atomic E-state index is 11.8. The van der Waals surface area contributed by atoms with Gasteiger partial charge in [-0.1, -0.05) is 25.2 Å². The van der Waals surface area contributed by atoms with E-state index in [9.17, 15) is 14.4 Å². The highest BCUT2D eigenvalue weighted by Crippen LogP contribution is 2.11. The van der Waals surface area contributed by atoms with E-state index in [4.69, 9.17) is 5.11 Å². The molecule has 112 valence electrons. The van der Waals surface area contributed by atoms with Crippen LogP contribution in [0.25, 0.3) is 0 Å². The zero-order valence-corrected chi connectivity index (χ0v) is 12.7. The third-order valence-corrected chi connectivity index (χ3v) is 3.81. The number of carbonyl (C=O) groups excluding carboxylic acids is 1. The summed E-state index contributed by atoms with van der Waals surface area (Å²) in [7, 11) is 0. The van der Waals surface area contributed by atoms with Gasteiger partial charge in [0.2, 0.25) is 5.91 Å². The zero-order valence-electron chi connectivity index (χ0n) is 11.9. The molecule has 1 amide bonds. The molecule has 1 aromatic rings. The van der Waals surface area contributed by atoms with Crippen LogP contribution in [-0.2, 0) is 16.1 Å². The van der Waals surface area contributed by atoms with E-state index in [1.807, 2.05) is 13.8 Å². The highest BCUT2D eigenvalue weighted by molar-refractivity contribution is 7.07. The fourth-order valence-electron chi connectivity index (χ4n) is 1.87. The van der Waals surface area contributed by atoms with Gasteiger partial charge in [-0.15, -0.1) is 0 Å². The van der Waals surface area contributed by atoms with Crippen molar-refractivity contribution in [3.63, 3.8) is 0 Å². The van der Waals surface area contributed by atoms with Gasteiger partial charge in [-0.05, 0) is 19.3 Å². The number of aryl methyl sites for hydroxylation is 1. The van der Waals surface area contributed by atoms with E-state index in [0.29, 0.717) is 6.42 Å². The summed E-state index contributed by atoms with van der Waals surface area (Å²) in [6.07, 6.45) is 0.507. The topological polar surface area (TPSA) is 88.4 Å². The van der Waals surface area contributed by atoms with Gasteiger partial charge in [0.15, 0.2) is 0 Å². The molecular formula is C13H20N2O4S. The van der Waals surface area contributed by atoms with Crippen molar-refractivity contribution in [2.75, 3.05) is 6.54 Å². The average molecular weight is 300 g/mol. The van der Waals surface area contributed by atoms with Gasteiger partial charge in [-0.25, -0.2) is 0 Å². The molecule has 0 saturated heterocycles. The van der Waals surface area contributed by atoms with Gasteiger partial charge < -0.3 is 10.4 Å². The second kappa shape index (κ2) is 7.23. The number of aliphatic carboxylic acids is 1. The molecule has 2 N–H and O–H groups in total. The molecule has 1 unspecified atom stereocenters. The van der Waals surface area contributed by atoms with Gasteiger partial charge in [-0.3, -0.25) is 19.0 Å². The maximum atomic E-state index is 11.8. The molecule has 0 bridgehead atoms. The van der Waals surface area contributed by atoms with Crippen molar-refractivity contribution in [1.29, 1.82) is 0 Å². The molecule has 6 nitrogen and oxygen atoms in total. The van der Waals surface area contributed by atoms with E-state index in [1.165, 1.54) is 4.57 Å². The van der Waals surface area contributed by atoms with E-state index < -0.39 is 11.9 Å². The standard InChI is InChI=1S/C13H20N2O4S/c1-8(2)4-10(12(17)18)5-14-11(16)6-15-9(3)7-20-13(15)19/h7-8,10H,4-6H2,1-3H3,(H,14,16)(H,17,18). The van der Waals surface area contributed by atoms with Crippen molar-refractivity contribution in [3.05, 3.63) is 20.7 Å². The number of hydrogen-bond acceptors (Lipinski definition) is 4. The van der Waals surface area contributed by atoms with Gasteiger partial charge >= 0.3 is 10.8 Å². The van der Waals surface area contributed by atoms with Crippen LogP contribution in [0.5, 0.6) is 0 Å². The Bertz CT molecular complexity index is 533. The highest BCUT2D eigenvalue weighted by atomic mass is 32.1. The first-order valence-corrected chi connectivity index (χ1v) is 7.33. The van der Waals surface area contributed by atoms with Crippen LogP contribution in [0, 0.1) is 18.8 Å². The van der Waals surface area contributed by atoms with Crippen LogP contribution in [0.15, 0.2) is 10.2 Å². The van der Waals surface area contributed by atoms with Crippen molar-refractivity contribution in [2.24, 2.45) is 11.8 Å². The van der Waals surface area contributed by atoms with Gasteiger partial charge in [0.1, 0.15) is 6.54 Å². The van der Waals surface area contributed by atoms with Crippen LogP contribution in [0.1, 0.15) is 26.0 Å². The van der Waals surface area contributed by atoms with Crippen molar-refractivity contribution in [1.82, 2.24) is 9.88 Å². The zero-order chi connectivity index (χ0) is 15.3. The lowest BCUT2D eigenvalue weighted by Gasteiger charge is -2.15. The van der Waals surface area contributed by atoms with Gasteiger partial charge in [0.05, 0.1) is 5.92 Å². The maximum Gasteiger partial charge on any atom is 0.308 e. The quantitative estimate of drug-likeness (QED) is 0.788. The van der Waals surface area contributed by atoms with Crippen LogP contribution >= 0.6 is 11.3 Å². The summed E-state index contributed by atoms with van der Waals surface area (Å²) in [4.78, 5) is 34.1. The Balaban J connectivity index is 2.54. The number of aromatic nitrogens is 1. The molecular weight excluding hydrogens is 280 g/mol. The third kappa shape index (κ3) is 4.80. The van der Waals surface area contributed by atoms with Gasteiger partial charge in [0.25, 0.3) is 0 Å². The first kappa shape index (κ1) is 16.4. The minimum Gasteiger partial charge on any atom is -0.481 e. The van der Waals surface area contributed by atoms with Crippen LogP contribution in [-0.4, -0.2) is 28.1 Å². The number of carboxylic acids is 1. The van der Waals surface area contributed by atoms with Crippen LogP contribution in [0.2, 0.25) is 0 Å². The molecule has 0 saturated carbocycles. The molecule has 0 aliphatic rings. The van der Waals surface area contributed by atoms with Crippen molar-refractivity contribution < 1.29 is 14.7 Å². The molecule has 0 aliphatic heterocycles. The third-order valence-electron chi connectivity index (χ3n) is 2.93. The summed E-state index contributed by atoms with van der Waals surface area (Å²) in [5.41, 5.74) is 0.729. The second-order valence-electron chi connectivity index (χ2n) is 5.20. The summed E-state index contributed by atoms with van der Waals surface area (Å²) in [6, 6.07) is 0. The predicted molar refractivity (Wildman–Crippen MR) is 76.9 cm³/mol. The Morgan fingerprint density at radius 2 is 2.10 bits per heavy atom. The molecule has 1 aromatic heterocycles. The molecule has 0 aliphatic carbocycles. The summed E-state index contributed by atoms with van der Waals surface area (Å²) in [5, 5.41) is 13.4. The number of amides is 1. The normalized spacial score (nSPS) is 12.4. The van der Waals surface area contributed by atoms with Crippen molar-refractivity contribution in [3.8, 4) is 0 Å². The van der Waals surface area contributed by atoms with Gasteiger partial charge in [0, 0.05) is 17.6 Å². The Morgan fingerprint density at radius 3 is 2.55 bits per heavy atom. The summed E-state index contributed by atoms with van der Waals surface area (Å²) in [6.45, 7) is 5.65. The summed E-state index contributed by atoms with van der Waals surface area (Å²) >= 11 is 1.04. The number of nitrogens with zero attached hydrogens (tertiary/aromatic N) is 1. The monoisotopic (exact) mass is 300 g/mol. The lowest BCUT2D eigenvalue weighted by Crippen LogP contribution is -2.37.